The van der Waals surface area contributed by atoms with Gasteiger partial charge in [0.25, 0.3) is 15.7 Å². The molecule has 0 spiro atoms. The number of phosphoric ester groups is 2. The van der Waals surface area contributed by atoms with Crippen LogP contribution in [0, 0.1) is 0 Å². The van der Waals surface area contributed by atoms with E-state index in [0.29, 0.717) is 49.2 Å². The van der Waals surface area contributed by atoms with E-state index in [1.807, 2.05) is 62.4 Å². The van der Waals surface area contributed by atoms with Gasteiger partial charge in [-0.3, -0.25) is 42.4 Å². The number of allylic oxidation sites excluding steroid dienone is 6. The molecule has 0 saturated carbocycles. The smallest absolute Gasteiger partial charge is 0.449 e. The topological polar surface area (TPSA) is 564 Å². The average Bonchev–Trinajstić information content (AvgIpc) is 1.59. The van der Waals surface area contributed by atoms with Gasteiger partial charge in [0.2, 0.25) is 17.5 Å². The van der Waals surface area contributed by atoms with E-state index in [2.05, 4.69) is 78.2 Å². The van der Waals surface area contributed by atoms with Crippen molar-refractivity contribution in [1.82, 2.24) is 24.8 Å². The molecule has 3 amide bonds. The Morgan fingerprint density at radius 3 is 2.17 bits per heavy atom. The number of unbranched alkanes of at least 4 members (excludes halogenated alkanes) is 2. The van der Waals surface area contributed by atoms with Gasteiger partial charge in [0.15, 0.2) is 5.71 Å². The lowest BCUT2D eigenvalue weighted by molar-refractivity contribution is -0.433. The van der Waals surface area contributed by atoms with Gasteiger partial charge in [-0.25, -0.2) is 33.1 Å². The number of nitrogens with two attached hydrogens (primary N) is 1. The number of amides is 3. The maximum absolute atomic E-state index is 13.9. The van der Waals surface area contributed by atoms with E-state index in [1.165, 1.54) is 58.1 Å². The Kier molecular flexibility index (Phi) is 31.0. The summed E-state index contributed by atoms with van der Waals surface area (Å²) in [6.07, 6.45) is 7.93. The first-order valence-corrected chi connectivity index (χ1v) is 43.9. The Balaban J connectivity index is 0.860. The number of nitrogens with zero attached hydrogens (tertiary/aromatic N) is 5. The summed E-state index contributed by atoms with van der Waals surface area (Å²) in [7, 11) is -24.0. The van der Waals surface area contributed by atoms with Crippen LogP contribution in [0.3, 0.4) is 0 Å². The zero-order valence-electron chi connectivity index (χ0n) is 58.8. The van der Waals surface area contributed by atoms with Gasteiger partial charge in [0.1, 0.15) is 43.1 Å². The van der Waals surface area contributed by atoms with E-state index in [0.717, 1.165) is 66.7 Å². The van der Waals surface area contributed by atoms with Crippen molar-refractivity contribution in [2.45, 2.75) is 143 Å². The van der Waals surface area contributed by atoms with Crippen LogP contribution in [0.2, 0.25) is 0 Å². The molecular weight excluding hydrogens is 1600 g/mol. The number of fused-ring (bicyclic) bond motifs is 2. The van der Waals surface area contributed by atoms with Gasteiger partial charge < -0.3 is 75.1 Å². The van der Waals surface area contributed by atoms with E-state index in [1.54, 1.807) is 6.07 Å². The summed E-state index contributed by atoms with van der Waals surface area (Å²) in [6.45, 7) is 9.44. The first kappa shape index (κ1) is 88.5. The van der Waals surface area contributed by atoms with Gasteiger partial charge in [0.05, 0.1) is 54.4 Å². The molecule has 4 aliphatic rings. The molecule has 600 valence electrons. The van der Waals surface area contributed by atoms with Crippen LogP contribution in [-0.2, 0) is 90.0 Å². The molecule has 109 heavy (non-hydrogen) atoms. The summed E-state index contributed by atoms with van der Waals surface area (Å²) in [5, 5.41) is 41.4. The van der Waals surface area contributed by atoms with Crippen molar-refractivity contribution >= 4 is 128 Å². The fourth-order valence-corrected chi connectivity index (χ4v) is 18.6. The number of ether oxygens (including phenoxy) is 3. The zero-order chi connectivity index (χ0) is 80.0. The van der Waals surface area contributed by atoms with Crippen molar-refractivity contribution in [3.05, 3.63) is 141 Å². The number of phosphoric acid groups is 4. The quantitative estimate of drug-likeness (QED) is 0.00261. The maximum atomic E-state index is 13.9. The van der Waals surface area contributed by atoms with Crippen LogP contribution < -0.4 is 37.8 Å². The maximum Gasteiger partial charge on any atom is 0.490 e. The number of hydrogen-bond acceptors (Lipinski definition) is 29. The summed E-state index contributed by atoms with van der Waals surface area (Å²) < 4.78 is 123. The van der Waals surface area contributed by atoms with Crippen molar-refractivity contribution in [3.63, 3.8) is 0 Å². The highest BCUT2D eigenvalue weighted by atomic mass is 33.1. The van der Waals surface area contributed by atoms with Crippen LogP contribution in [0.1, 0.15) is 109 Å². The molecular formula is C62H84N9O30P4S4+. The molecule has 2 fully saturated rings. The highest BCUT2D eigenvalue weighted by Gasteiger charge is 2.46. The van der Waals surface area contributed by atoms with Crippen LogP contribution in [0.4, 0.5) is 27.7 Å². The number of carbonyl (C=O) groups excluding carboxylic acids is 3. The zero-order valence-corrected chi connectivity index (χ0v) is 65.7. The van der Waals surface area contributed by atoms with Crippen LogP contribution >= 0.6 is 64.9 Å². The monoisotopic (exact) mass is 1690 g/mol. The lowest BCUT2D eigenvalue weighted by Crippen LogP contribution is -2.48. The van der Waals surface area contributed by atoms with E-state index in [9.17, 15) is 75.2 Å². The molecule has 9 atom stereocenters. The second kappa shape index (κ2) is 38.2. The lowest BCUT2D eigenvalue weighted by Gasteiger charge is -2.27. The minimum atomic E-state index is -5.83. The summed E-state index contributed by atoms with van der Waals surface area (Å²) >= 11 is 0.878. The van der Waals surface area contributed by atoms with E-state index in [-0.39, 0.29) is 61.0 Å². The second-order valence-electron chi connectivity index (χ2n) is 25.7. The Bertz CT molecular complexity index is 4590. The fraction of sp³-hybridized carbons (Fsp3) is 0.468. The number of benzene rings is 2. The molecule has 2 aromatic heterocycles. The number of aliphatic hydroxyl groups excluding tert-OH is 2. The van der Waals surface area contributed by atoms with Crippen LogP contribution in [0.25, 0.3) is 6.08 Å². The lowest BCUT2D eigenvalue weighted by atomic mass is 9.81. The molecule has 6 heterocycles. The molecule has 0 aliphatic carbocycles. The molecule has 2 saturated heterocycles. The number of nitrogen functional groups attached to an aromatic ring is 1. The first-order chi connectivity index (χ1) is 51.1. The molecule has 8 rings (SSSR count). The van der Waals surface area contributed by atoms with Gasteiger partial charge in [-0.2, -0.15) is 26.6 Å². The third-order valence-electron chi connectivity index (χ3n) is 17.2. The molecule has 15 N–H and O–H groups in total. The van der Waals surface area contributed by atoms with Crippen molar-refractivity contribution in [2.75, 3.05) is 66.9 Å². The Labute approximate surface area is 635 Å². The Hall–Kier alpha value is -6.09. The number of aromatic nitrogens is 3. The van der Waals surface area contributed by atoms with Crippen molar-refractivity contribution < 1.29 is 136 Å². The molecule has 3 unspecified atom stereocenters. The van der Waals surface area contributed by atoms with Gasteiger partial charge >= 0.3 is 43.1 Å². The predicted molar refractivity (Wildman–Crippen MR) is 396 cm³/mol. The van der Waals surface area contributed by atoms with Gasteiger partial charge in [-0.05, 0) is 88.1 Å². The highest BCUT2D eigenvalue weighted by molar-refractivity contribution is 8.76. The largest absolute Gasteiger partial charge is 0.490 e. The van der Waals surface area contributed by atoms with E-state index >= 15 is 0 Å². The molecule has 4 aliphatic heterocycles. The van der Waals surface area contributed by atoms with Crippen LogP contribution in [0.15, 0.2) is 122 Å². The number of rotatable bonds is 39. The summed E-state index contributed by atoms with van der Waals surface area (Å²) in [5.41, 5.74) is 9.14. The molecule has 47 heteroatoms. The number of pyridine rings is 1. The van der Waals surface area contributed by atoms with Crippen molar-refractivity contribution in [3.8, 4) is 0 Å². The molecule has 4 aromatic rings. The van der Waals surface area contributed by atoms with E-state index in [4.69, 9.17) is 44.8 Å². The van der Waals surface area contributed by atoms with E-state index < -0.39 is 138 Å². The number of hydrogen-bond donors (Lipinski definition) is 14. The first-order valence-electron chi connectivity index (χ1n) is 33.2. The highest BCUT2D eigenvalue weighted by Crippen LogP contribution is 2.66. The van der Waals surface area contributed by atoms with Crippen molar-refractivity contribution in [2.24, 2.45) is 0 Å². The summed E-state index contributed by atoms with van der Waals surface area (Å²) in [5.74, 6) is -0.857. The van der Waals surface area contributed by atoms with Crippen LogP contribution in [0.5, 0.6) is 0 Å². The van der Waals surface area contributed by atoms with Gasteiger partial charge in [-0.15, -0.1) is 4.33 Å². The Morgan fingerprint density at radius 1 is 0.817 bits per heavy atom. The van der Waals surface area contributed by atoms with Gasteiger partial charge in [0, 0.05) is 113 Å². The summed E-state index contributed by atoms with van der Waals surface area (Å²) in [4.78, 5) is 128. The number of nitrogens with one attached hydrogen (secondary N) is 3. The SMILES string of the molecule is CC[N+]1=C(/C=C/C=C/C=C2/N(CCCCCC(=O)NC(CSSCCCOC(=O)Nc3ccn([C@H]4C[C@@H](O)[C@@H](COP(=O)(O)OP(=O)(O)OP(=O)(O)O)O4)c(=O)n3)C(=O)NC/C=C/c3cn([C@H]4C[C@@H](O)[C@@H](COP(=O)(O)O)O4)c(=O)cc3N)c3ccc(S(=O)(=O)O)cc3C2(C)C)C(C)(C)c2cc(SOOO)ccc21. The van der Waals surface area contributed by atoms with Crippen LogP contribution in [-0.4, -0.2) is 182 Å². The average molecular weight is 1690 g/mol. The number of aliphatic hydroxyl groups is 2. The Morgan fingerprint density at radius 2 is 1.51 bits per heavy atom. The minimum absolute atomic E-state index is 0.0159. The standard InChI is InChI=1S/C62H83N9O30P4S4/c1-6-68-45-21-19-39(108-99-98-79)29-41(45)61(2,3)51(68)16-9-7-10-17-52-62(4,5)42-30-40(109(90,91)92)20-22-46(42)69(52)25-12-8-11-18-54(74)65-44(58(76)64-24-13-15-38-34-71(55(75)31-43(38)63)57-33-48(73)49(97-57)35-94-102(80,81)82)37-107-106-28-14-27-93-60(78)67-53-23-26-70(59(77)66-53)56-32-47(72)50(96-56)36-95-104(86,87)101-105(88,89)100-103(83,84)85/h7,9-10,13,15-17,19-23,26,29-31,34,44,47-50,56-57,72-73H,6,8,11-12,14,18,24-25,27-28,32-33,35-37H2,1-5H3,(H12-,63,64,65,66,67,74,75,76,77,78,79,80,81,82,83,84,85,86,87,88,89,90,91,92)/p+1/b15-13+/t44?,47-,48-,49-,50-,56-,57-/m1/s1. The van der Waals surface area contributed by atoms with Gasteiger partial charge in [-0.1, -0.05) is 77.3 Å². The second-order valence-corrected chi connectivity index (χ2v) is 36.1. The molecule has 0 radical (unpaired) electrons. The molecule has 2 aromatic carbocycles. The predicted octanol–water partition coefficient (Wildman–Crippen LogP) is 6.50. The minimum Gasteiger partial charge on any atom is -0.449 e. The normalized spacial score (nSPS) is 21.6. The molecule has 39 nitrogen and oxygen atoms in total. The fourth-order valence-electron chi connectivity index (χ4n) is 12.1. The summed E-state index contributed by atoms with van der Waals surface area (Å²) in [6, 6.07) is 11.5. The number of anilines is 3. The van der Waals surface area contributed by atoms with Crippen molar-refractivity contribution in [1.29, 1.82) is 0 Å². The number of carbonyl (C=O) groups is 3. The third-order valence-corrected chi connectivity index (χ3v) is 25.5. The molecule has 0 bridgehead atoms. The third kappa shape index (κ3) is 25.0.